The molecule has 1 aliphatic rings. The summed E-state index contributed by atoms with van der Waals surface area (Å²) in [5.41, 5.74) is 11.1. The molecule has 0 fully saturated rings. The molecular formula is C19H24N2O. The molecule has 1 aromatic carbocycles. The third-order valence-corrected chi connectivity index (χ3v) is 4.82. The Hall–Kier alpha value is -2.03. The summed E-state index contributed by atoms with van der Waals surface area (Å²) in [6.45, 7) is 4.17. The Bertz CT molecular complexity index is 746. The number of anilines is 1. The van der Waals surface area contributed by atoms with E-state index in [4.69, 9.17) is 5.73 Å². The van der Waals surface area contributed by atoms with E-state index in [1.807, 2.05) is 10.6 Å². The van der Waals surface area contributed by atoms with Crippen LogP contribution in [0.4, 0.5) is 5.69 Å². The lowest BCUT2D eigenvalue weighted by atomic mass is 9.90. The molecule has 1 heterocycles. The van der Waals surface area contributed by atoms with Crippen molar-refractivity contribution in [2.75, 3.05) is 5.73 Å². The highest BCUT2D eigenvalue weighted by Crippen LogP contribution is 2.28. The van der Waals surface area contributed by atoms with Gasteiger partial charge in [0.25, 0.3) is 5.56 Å². The second-order valence-corrected chi connectivity index (χ2v) is 6.30. The second kappa shape index (κ2) is 5.99. The van der Waals surface area contributed by atoms with Crippen LogP contribution in [0.25, 0.3) is 11.3 Å². The van der Waals surface area contributed by atoms with Crippen molar-refractivity contribution < 1.29 is 0 Å². The molecule has 22 heavy (non-hydrogen) atoms. The lowest BCUT2D eigenvalue weighted by Crippen LogP contribution is -2.26. The summed E-state index contributed by atoms with van der Waals surface area (Å²) in [6.07, 6.45) is 5.77. The van der Waals surface area contributed by atoms with E-state index in [2.05, 4.69) is 32.0 Å². The molecule has 0 bridgehead atoms. The summed E-state index contributed by atoms with van der Waals surface area (Å²) in [4.78, 5) is 12.5. The van der Waals surface area contributed by atoms with Crippen LogP contribution in [0.5, 0.6) is 0 Å². The fourth-order valence-corrected chi connectivity index (χ4v) is 3.32. The van der Waals surface area contributed by atoms with Gasteiger partial charge in [-0.3, -0.25) is 4.79 Å². The first kappa shape index (κ1) is 14.9. The number of nitrogens with zero attached hydrogens (tertiary/aromatic N) is 1. The number of aromatic nitrogens is 1. The van der Waals surface area contributed by atoms with Crippen molar-refractivity contribution in [2.45, 2.75) is 52.0 Å². The third-order valence-electron chi connectivity index (χ3n) is 4.82. The van der Waals surface area contributed by atoms with Gasteiger partial charge in [-0.25, -0.2) is 0 Å². The van der Waals surface area contributed by atoms with Crippen LogP contribution < -0.4 is 11.3 Å². The molecular weight excluding hydrogens is 272 g/mol. The van der Waals surface area contributed by atoms with Gasteiger partial charge in [0.05, 0.1) is 11.4 Å². The van der Waals surface area contributed by atoms with E-state index in [0.29, 0.717) is 5.69 Å². The molecule has 0 radical (unpaired) electrons. The zero-order valence-corrected chi connectivity index (χ0v) is 13.4. The van der Waals surface area contributed by atoms with Gasteiger partial charge in [-0.15, -0.1) is 0 Å². The van der Waals surface area contributed by atoms with Gasteiger partial charge < -0.3 is 10.3 Å². The van der Waals surface area contributed by atoms with Crippen LogP contribution in [-0.4, -0.2) is 4.57 Å². The fraction of sp³-hybridized carbons (Fsp3) is 0.421. The number of pyridine rings is 1. The van der Waals surface area contributed by atoms with E-state index in [1.165, 1.54) is 30.4 Å². The predicted octanol–water partition coefficient (Wildman–Crippen LogP) is 3.95. The number of aryl methyl sites for hydroxylation is 2. The lowest BCUT2D eigenvalue weighted by molar-refractivity contribution is 0.521. The number of nitrogens with two attached hydrogens (primary N) is 1. The van der Waals surface area contributed by atoms with Crippen molar-refractivity contribution in [2.24, 2.45) is 0 Å². The topological polar surface area (TPSA) is 48.0 Å². The average Bonchev–Trinajstić information content (AvgIpc) is 2.56. The molecule has 0 saturated heterocycles. The maximum absolute atomic E-state index is 12.5. The fourth-order valence-electron chi connectivity index (χ4n) is 3.32. The van der Waals surface area contributed by atoms with Gasteiger partial charge in [0.1, 0.15) is 0 Å². The molecule has 1 unspecified atom stereocenters. The van der Waals surface area contributed by atoms with Crippen molar-refractivity contribution in [3.05, 3.63) is 51.8 Å². The SMILES string of the molecule is CCC(C)n1c(-c2ccc3c(c2)CCCC3)ccc(N)c1=O. The highest BCUT2D eigenvalue weighted by molar-refractivity contribution is 5.63. The molecule has 1 aliphatic carbocycles. The zero-order valence-electron chi connectivity index (χ0n) is 13.4. The first-order valence-corrected chi connectivity index (χ1v) is 8.25. The standard InChI is InChI=1S/C19H24N2O/c1-3-13(2)21-18(11-10-17(20)19(21)22)16-9-8-14-6-4-5-7-15(14)12-16/h8-13H,3-7,20H2,1-2H3. The van der Waals surface area contributed by atoms with Crippen molar-refractivity contribution in [3.63, 3.8) is 0 Å². The van der Waals surface area contributed by atoms with E-state index >= 15 is 0 Å². The van der Waals surface area contributed by atoms with Gasteiger partial charge in [0.2, 0.25) is 0 Å². The number of fused-ring (bicyclic) bond motifs is 1. The van der Waals surface area contributed by atoms with Crippen LogP contribution in [0.1, 0.15) is 50.3 Å². The van der Waals surface area contributed by atoms with Crippen molar-refractivity contribution in [3.8, 4) is 11.3 Å². The lowest BCUT2D eigenvalue weighted by Gasteiger charge is -2.21. The van der Waals surface area contributed by atoms with Gasteiger partial charge >= 0.3 is 0 Å². The Morgan fingerprint density at radius 3 is 2.59 bits per heavy atom. The molecule has 3 heteroatoms. The van der Waals surface area contributed by atoms with Crippen LogP contribution in [-0.2, 0) is 12.8 Å². The van der Waals surface area contributed by atoms with Crippen molar-refractivity contribution >= 4 is 5.69 Å². The molecule has 3 rings (SSSR count). The molecule has 1 atom stereocenters. The van der Waals surface area contributed by atoms with E-state index in [9.17, 15) is 4.79 Å². The summed E-state index contributed by atoms with van der Waals surface area (Å²) in [7, 11) is 0. The molecule has 0 saturated carbocycles. The average molecular weight is 296 g/mol. The highest BCUT2D eigenvalue weighted by Gasteiger charge is 2.15. The smallest absolute Gasteiger partial charge is 0.274 e. The quantitative estimate of drug-likeness (QED) is 0.932. The minimum absolute atomic E-state index is 0.0791. The summed E-state index contributed by atoms with van der Waals surface area (Å²) >= 11 is 0. The first-order chi connectivity index (χ1) is 10.6. The van der Waals surface area contributed by atoms with Crippen LogP contribution in [0.2, 0.25) is 0 Å². The van der Waals surface area contributed by atoms with E-state index in [0.717, 1.165) is 24.1 Å². The summed E-state index contributed by atoms with van der Waals surface area (Å²) < 4.78 is 1.85. The maximum Gasteiger partial charge on any atom is 0.274 e. The molecule has 3 nitrogen and oxygen atoms in total. The summed E-state index contributed by atoms with van der Waals surface area (Å²) in [6, 6.07) is 10.5. The summed E-state index contributed by atoms with van der Waals surface area (Å²) in [5, 5.41) is 0. The molecule has 0 amide bonds. The number of rotatable bonds is 3. The zero-order chi connectivity index (χ0) is 15.7. The molecule has 116 valence electrons. The van der Waals surface area contributed by atoms with Crippen LogP contribution in [0.3, 0.4) is 0 Å². The van der Waals surface area contributed by atoms with E-state index in [-0.39, 0.29) is 11.6 Å². The Balaban J connectivity index is 2.16. The van der Waals surface area contributed by atoms with Crippen LogP contribution in [0.15, 0.2) is 35.1 Å². The third kappa shape index (κ3) is 2.56. The minimum atomic E-state index is -0.0791. The number of benzene rings is 1. The molecule has 1 aromatic heterocycles. The van der Waals surface area contributed by atoms with Crippen LogP contribution in [0, 0.1) is 0 Å². The number of nitrogen functional groups attached to an aromatic ring is 1. The molecule has 0 aliphatic heterocycles. The van der Waals surface area contributed by atoms with Crippen molar-refractivity contribution in [1.29, 1.82) is 0 Å². The molecule has 0 spiro atoms. The second-order valence-electron chi connectivity index (χ2n) is 6.30. The predicted molar refractivity (Wildman–Crippen MR) is 92.2 cm³/mol. The largest absolute Gasteiger partial charge is 0.394 e. The Morgan fingerprint density at radius 1 is 1.14 bits per heavy atom. The Morgan fingerprint density at radius 2 is 1.86 bits per heavy atom. The van der Waals surface area contributed by atoms with Gasteiger partial charge in [0, 0.05) is 6.04 Å². The monoisotopic (exact) mass is 296 g/mol. The van der Waals surface area contributed by atoms with E-state index < -0.39 is 0 Å². The first-order valence-electron chi connectivity index (χ1n) is 8.25. The van der Waals surface area contributed by atoms with Gasteiger partial charge in [-0.1, -0.05) is 19.1 Å². The minimum Gasteiger partial charge on any atom is -0.394 e. The highest BCUT2D eigenvalue weighted by atomic mass is 16.1. The van der Waals surface area contributed by atoms with Gasteiger partial charge in [-0.05, 0) is 73.9 Å². The number of hydrogen-bond donors (Lipinski definition) is 1. The van der Waals surface area contributed by atoms with Crippen LogP contribution >= 0.6 is 0 Å². The van der Waals surface area contributed by atoms with Gasteiger partial charge in [-0.2, -0.15) is 0 Å². The number of hydrogen-bond acceptors (Lipinski definition) is 2. The van der Waals surface area contributed by atoms with Gasteiger partial charge in [0.15, 0.2) is 0 Å². The normalized spacial score (nSPS) is 15.4. The Labute approximate surface area is 131 Å². The molecule has 2 N–H and O–H groups in total. The van der Waals surface area contributed by atoms with E-state index in [1.54, 1.807) is 6.07 Å². The maximum atomic E-state index is 12.5. The summed E-state index contributed by atoms with van der Waals surface area (Å²) in [5.74, 6) is 0. The van der Waals surface area contributed by atoms with Crippen molar-refractivity contribution in [1.82, 2.24) is 4.57 Å². The molecule has 2 aromatic rings. The Kier molecular flexibility index (Phi) is 4.06.